The number of nitrogens with one attached hydrogen (secondary N) is 14. The van der Waals surface area contributed by atoms with E-state index in [0.717, 1.165) is 88.5 Å². The minimum absolute atomic E-state index is 0.0595. The Morgan fingerprint density at radius 2 is 0.600 bits per heavy atom. The Bertz CT molecular complexity index is 1950. The average molecular weight is 1080 g/mol. The summed E-state index contributed by atoms with van der Waals surface area (Å²) in [5.41, 5.74) is 0. The molecule has 12 bridgehead atoms. The van der Waals surface area contributed by atoms with Crippen LogP contribution >= 0.6 is 0 Å². The number of hydrogen-bond donors (Lipinski definition) is 14. The van der Waals surface area contributed by atoms with Crippen molar-refractivity contribution in [2.45, 2.75) is 199 Å². The van der Waals surface area contributed by atoms with Crippen LogP contribution in [0.4, 0.5) is 0 Å². The molecule has 9 aliphatic heterocycles. The number of fused-ring (bicyclic) bond motifs is 22. The van der Waals surface area contributed by atoms with Crippen molar-refractivity contribution in [1.29, 1.82) is 0 Å². The third-order valence-corrected chi connectivity index (χ3v) is 20.2. The van der Waals surface area contributed by atoms with Gasteiger partial charge in [0, 0.05) is 0 Å². The van der Waals surface area contributed by atoms with Crippen LogP contribution in [0.2, 0.25) is 102 Å². The molecule has 14 N–H and O–H groups in total. The first-order chi connectivity index (χ1) is 38.7. The van der Waals surface area contributed by atoms with Crippen LogP contribution in [0.1, 0.15) is 96.9 Å². The molecule has 9 saturated heterocycles. The van der Waals surface area contributed by atoms with Gasteiger partial charge in [-0.15, -0.1) is 0 Å². The summed E-state index contributed by atoms with van der Waals surface area (Å²) in [5.74, 6) is 0. The third kappa shape index (κ3) is 12.2. The normalized spacial score (nSPS) is 28.6. The SMILES string of the molecule is CCB1NB2NB(N1)N1B(CC)NB(CC)N(B1CC)B1NB(CC)N(C)B(CC)N1B1NB(NB(CC)N1C)N1B(CC)NB(CC)N(B3NB(CC)NB(N3)N3B(CC)NB(C)NB3N3B(C)NB(CC)N2B3CC)B1CC. The molecule has 6 unspecified atom stereocenters. The van der Waals surface area contributed by atoms with Crippen LogP contribution in [-0.2, 0) is 0 Å². The Hall–Kier alpha value is 0.598. The molecule has 0 aliphatic carbocycles. The number of rotatable bonds is 14. The first-order valence-corrected chi connectivity index (χ1v) is 33.0. The molecule has 0 aromatic heterocycles. The summed E-state index contributed by atoms with van der Waals surface area (Å²) in [5, 5.41) is 59.7. The summed E-state index contributed by atoms with van der Waals surface area (Å²) in [6, 6.07) is 0. The predicted molar refractivity (Wildman–Crippen MR) is 371 cm³/mol. The maximum atomic E-state index is 4.47. The van der Waals surface area contributed by atoms with Gasteiger partial charge in [-0.3, -0.25) is 0 Å². The molecule has 0 amide bonds. The molecule has 0 saturated carbocycles. The fraction of sp³-hybridized carbons (Fsp3) is 1.00. The topological polar surface area (TPSA) is 201 Å². The molecule has 0 radical (unpaired) electrons. The second-order valence-corrected chi connectivity index (χ2v) is 24.6. The summed E-state index contributed by atoms with van der Waals surface area (Å²) in [7, 11) is 3.56. The Morgan fingerprint density at radius 3 is 1.04 bits per heavy atom. The van der Waals surface area contributed by atoms with E-state index in [2.05, 4.69) is 243 Å². The van der Waals surface area contributed by atoms with E-state index in [0.29, 0.717) is 0 Å². The van der Waals surface area contributed by atoms with Gasteiger partial charge < -0.3 is 118 Å². The highest BCUT2D eigenvalue weighted by atomic mass is 15.4. The molecular formula is C32H96B24N24. The maximum absolute atomic E-state index is 4.47. The molecule has 416 valence electrons. The Balaban J connectivity index is 1.27. The van der Waals surface area contributed by atoms with Crippen LogP contribution in [0.5, 0.6) is 0 Å². The van der Waals surface area contributed by atoms with Gasteiger partial charge in [-0.2, -0.15) is 0 Å². The Kier molecular flexibility index (Phi) is 23.4. The predicted octanol–water partition coefficient (Wildman–Crippen LogP) is -4.13. The summed E-state index contributed by atoms with van der Waals surface area (Å²) in [4.78, 5) is 0. The van der Waals surface area contributed by atoms with Crippen molar-refractivity contribution in [3.8, 4) is 0 Å². The van der Waals surface area contributed by atoms with E-state index < -0.39 is 0 Å². The van der Waals surface area contributed by atoms with Gasteiger partial charge in [-0.25, -0.2) is 0 Å². The highest BCUT2D eigenvalue weighted by Crippen LogP contribution is 2.30. The van der Waals surface area contributed by atoms with Crippen molar-refractivity contribution in [1.82, 2.24) is 118 Å². The quantitative estimate of drug-likeness (QED) is 0.0749. The van der Waals surface area contributed by atoms with Crippen LogP contribution in [0, 0.1) is 0 Å². The minimum atomic E-state index is -0.185. The van der Waals surface area contributed by atoms with Crippen molar-refractivity contribution in [2.24, 2.45) is 0 Å². The molecule has 0 aromatic carbocycles. The van der Waals surface area contributed by atoms with E-state index >= 15 is 0 Å². The summed E-state index contributed by atoms with van der Waals surface area (Å²) in [6.45, 7) is 39.6. The monoisotopic (exact) mass is 1080 g/mol. The van der Waals surface area contributed by atoms with Gasteiger partial charge in [-0.1, -0.05) is 111 Å². The van der Waals surface area contributed by atoms with Crippen LogP contribution in [0.25, 0.3) is 0 Å². The van der Waals surface area contributed by atoms with E-state index in [1.54, 1.807) is 0 Å². The molecule has 9 aliphatic rings. The van der Waals surface area contributed by atoms with Crippen molar-refractivity contribution < 1.29 is 0 Å². The highest BCUT2D eigenvalue weighted by Gasteiger charge is 2.65. The lowest BCUT2D eigenvalue weighted by molar-refractivity contribution is 0.586. The van der Waals surface area contributed by atoms with Gasteiger partial charge in [0.2, 0.25) is 0 Å². The molecular weight excluding hydrogens is 980 g/mol. The van der Waals surface area contributed by atoms with Crippen molar-refractivity contribution >= 4 is 169 Å². The summed E-state index contributed by atoms with van der Waals surface area (Å²) >= 11 is 0. The zero-order valence-corrected chi connectivity index (χ0v) is 53.2. The molecule has 9 heterocycles. The fourth-order valence-corrected chi connectivity index (χ4v) is 16.4. The minimum Gasteiger partial charge on any atom is -0.374 e. The molecule has 24 nitrogen and oxygen atoms in total. The van der Waals surface area contributed by atoms with Gasteiger partial charge in [-0.05, 0) is 103 Å². The fourth-order valence-electron chi connectivity index (χ4n) is 16.4. The van der Waals surface area contributed by atoms with E-state index in [4.69, 9.17) is 0 Å². The smallest absolute Gasteiger partial charge is 0.361 e. The third-order valence-electron chi connectivity index (χ3n) is 20.2. The summed E-state index contributed by atoms with van der Waals surface area (Å²) < 4.78 is 27.6. The summed E-state index contributed by atoms with van der Waals surface area (Å²) in [6.07, 6.45) is 13.5. The molecule has 6 atom stereocenters. The lowest BCUT2D eigenvalue weighted by Gasteiger charge is -2.62. The highest BCUT2D eigenvalue weighted by molar-refractivity contribution is 7.11. The van der Waals surface area contributed by atoms with Gasteiger partial charge in [0.1, 0.15) is 0 Å². The standard InChI is InChI=1S/C32H96B24N24/c1-19-35-60-49-68-50(61-35)77-43(27-9)65-44(28-10)78(48(77)32-14)56-67-38(22-4)71(17)45(29-11)80(56)54-70-53(66-37(21-3)72(54)18)76-42(26-8)64-41(25-7)75(47(76)31-13)51-62-36(20-2)63-52(69-51)79-39(23-5)57-33(15)58-55(79)73-34(16)59-40(24-6)74(49)46(73)30-12/h57-70H,19-32H2,1-18H3. The first-order valence-electron chi connectivity index (χ1n) is 33.0. The van der Waals surface area contributed by atoms with E-state index in [-0.39, 0.29) is 169 Å². The second kappa shape index (κ2) is 28.8. The van der Waals surface area contributed by atoms with E-state index in [1.165, 1.54) is 0 Å². The van der Waals surface area contributed by atoms with Gasteiger partial charge in [0.25, 0.3) is 112 Å². The van der Waals surface area contributed by atoms with Crippen molar-refractivity contribution in [2.75, 3.05) is 14.1 Å². The van der Waals surface area contributed by atoms with Crippen molar-refractivity contribution in [3.63, 3.8) is 0 Å². The molecule has 9 rings (SSSR count). The molecule has 48 heteroatoms. The Labute approximate surface area is 497 Å². The number of nitrogens with zero attached hydrogens (tertiary/aromatic N) is 10. The molecule has 0 spiro atoms. The van der Waals surface area contributed by atoms with Crippen LogP contribution in [0.3, 0.4) is 0 Å². The van der Waals surface area contributed by atoms with Crippen LogP contribution in [0.15, 0.2) is 0 Å². The molecule has 0 aromatic rings. The first kappa shape index (κ1) is 65.1. The lowest BCUT2D eigenvalue weighted by atomic mass is 9.30. The van der Waals surface area contributed by atoms with Crippen LogP contribution < -0.4 is 71.9 Å². The van der Waals surface area contributed by atoms with Gasteiger partial charge in [0.05, 0.1) is 0 Å². The lowest BCUT2D eigenvalue weighted by Crippen LogP contribution is -2.98. The van der Waals surface area contributed by atoms with E-state index in [1.807, 2.05) is 0 Å². The molecule has 80 heavy (non-hydrogen) atoms. The molecule has 9 fully saturated rings. The van der Waals surface area contributed by atoms with Crippen LogP contribution in [-0.4, -0.2) is 229 Å². The maximum Gasteiger partial charge on any atom is 0.361 e. The van der Waals surface area contributed by atoms with Gasteiger partial charge in [0.15, 0.2) is 0 Å². The second-order valence-electron chi connectivity index (χ2n) is 24.6. The zero-order chi connectivity index (χ0) is 57.4. The number of hydrogen-bond acceptors (Lipinski definition) is 24. The largest absolute Gasteiger partial charge is 0.374 e. The van der Waals surface area contributed by atoms with Crippen molar-refractivity contribution in [3.05, 3.63) is 0 Å². The zero-order valence-electron chi connectivity index (χ0n) is 53.2. The average Bonchev–Trinajstić information content (AvgIpc) is 3.62. The van der Waals surface area contributed by atoms with Gasteiger partial charge >= 0.3 is 56.9 Å². The van der Waals surface area contributed by atoms with E-state index in [9.17, 15) is 0 Å². The Morgan fingerprint density at radius 1 is 0.237 bits per heavy atom.